The fourth-order valence-electron chi connectivity index (χ4n) is 6.46. The minimum Gasteiger partial charge on any atom is -0.446 e. The molecular formula is C29H40N5O8P. The van der Waals surface area contributed by atoms with Gasteiger partial charge in [0.1, 0.15) is 23.5 Å². The van der Waals surface area contributed by atoms with Crippen molar-refractivity contribution in [2.45, 2.75) is 88.8 Å². The Morgan fingerprint density at radius 2 is 1.88 bits per heavy atom. The molecule has 3 aliphatic rings. The number of amides is 3. The fourth-order valence-corrected chi connectivity index (χ4v) is 7.68. The first kappa shape index (κ1) is 31.0. The molecule has 5 rings (SSSR count). The molecular weight excluding hydrogens is 577 g/mol. The smallest absolute Gasteiger partial charge is 0.408 e. The zero-order valence-electron chi connectivity index (χ0n) is 24.6. The lowest BCUT2D eigenvalue weighted by atomic mass is 9.85. The van der Waals surface area contributed by atoms with Gasteiger partial charge < -0.3 is 35.0 Å². The van der Waals surface area contributed by atoms with Gasteiger partial charge in [0.2, 0.25) is 11.8 Å². The van der Waals surface area contributed by atoms with E-state index < -0.39 is 65.9 Å². The number of hydrogen-bond donors (Lipinski definition) is 5. The molecule has 1 aromatic heterocycles. The predicted molar refractivity (Wildman–Crippen MR) is 158 cm³/mol. The maximum absolute atomic E-state index is 14.3. The van der Waals surface area contributed by atoms with E-state index in [9.17, 15) is 33.5 Å². The summed E-state index contributed by atoms with van der Waals surface area (Å²) in [7, 11) is -4.79. The van der Waals surface area contributed by atoms with Crippen molar-refractivity contribution in [2.24, 2.45) is 11.3 Å². The molecule has 2 unspecified atom stereocenters. The standard InChI is InChI=1S/C29H40N5O8P/c1-5-17-15-29(17,43(39,40)41)32-24(35)22-14-18(34-21-13-9-8-12-20(21)30-26(34)37)16-33(22)25(36)23(28(2,3)4)31-27(38)42-19-10-6-7-11-19/h5,8-9,12-13,17-19,22-23H,1,6-7,10-11,14-16H2,2-4H3,(H,30,37)(H,31,38)(H,32,35)(H2,39,40,41)/t17?,18?,22-,23+,29-/m0/s1. The zero-order chi connectivity index (χ0) is 31.3. The van der Waals surface area contributed by atoms with Gasteiger partial charge in [-0.05, 0) is 56.1 Å². The minimum absolute atomic E-state index is 0.0116. The molecule has 2 heterocycles. The van der Waals surface area contributed by atoms with Crippen molar-refractivity contribution in [1.82, 2.24) is 25.1 Å². The van der Waals surface area contributed by atoms with Gasteiger partial charge in [-0.25, -0.2) is 9.59 Å². The molecule has 0 bridgehead atoms. The summed E-state index contributed by atoms with van der Waals surface area (Å²) in [6.07, 6.45) is 3.89. The van der Waals surface area contributed by atoms with Gasteiger partial charge >= 0.3 is 19.4 Å². The number of nitrogens with one attached hydrogen (secondary N) is 3. The maximum atomic E-state index is 14.3. The highest BCUT2D eigenvalue weighted by Gasteiger charge is 2.66. The highest BCUT2D eigenvalue weighted by atomic mass is 31.2. The van der Waals surface area contributed by atoms with Gasteiger partial charge in [0.25, 0.3) is 0 Å². The van der Waals surface area contributed by atoms with E-state index in [1.165, 1.54) is 15.5 Å². The molecule has 1 aliphatic heterocycles. The minimum atomic E-state index is -4.79. The molecule has 3 amide bonds. The molecule has 5 atom stereocenters. The number of H-pyrrole nitrogens is 1. The number of rotatable bonds is 8. The van der Waals surface area contributed by atoms with Gasteiger partial charge in [0, 0.05) is 12.5 Å². The van der Waals surface area contributed by atoms with E-state index >= 15 is 0 Å². The number of aromatic nitrogens is 2. The molecule has 5 N–H and O–H groups in total. The summed E-state index contributed by atoms with van der Waals surface area (Å²) in [5.41, 5.74) is -0.0161. The molecule has 234 valence electrons. The summed E-state index contributed by atoms with van der Waals surface area (Å²) in [5, 5.41) is 3.46. The van der Waals surface area contributed by atoms with Crippen LogP contribution in [0.5, 0.6) is 0 Å². The quantitative estimate of drug-likeness (QED) is 0.221. The third-order valence-electron chi connectivity index (χ3n) is 8.93. The van der Waals surface area contributed by atoms with E-state index in [1.807, 2.05) is 0 Å². The molecule has 2 aliphatic carbocycles. The van der Waals surface area contributed by atoms with Crippen molar-refractivity contribution in [3.05, 3.63) is 47.4 Å². The van der Waals surface area contributed by atoms with Crippen LogP contribution in [0, 0.1) is 11.3 Å². The van der Waals surface area contributed by atoms with Crippen molar-refractivity contribution >= 4 is 36.5 Å². The number of likely N-dealkylation sites (tertiary alicyclic amines) is 1. The Hall–Kier alpha value is -3.41. The van der Waals surface area contributed by atoms with Crippen molar-refractivity contribution < 1.29 is 33.5 Å². The molecule has 0 spiro atoms. The fraction of sp³-hybridized carbons (Fsp3) is 0.586. The number of nitrogens with zero attached hydrogens (tertiary/aromatic N) is 2. The number of fused-ring (bicyclic) bond motifs is 1. The normalized spacial score (nSPS) is 26.7. The van der Waals surface area contributed by atoms with Crippen LogP contribution in [0.4, 0.5) is 4.79 Å². The van der Waals surface area contributed by atoms with Gasteiger partial charge in [-0.1, -0.05) is 39.0 Å². The van der Waals surface area contributed by atoms with Crippen molar-refractivity contribution in [3.63, 3.8) is 0 Å². The summed E-state index contributed by atoms with van der Waals surface area (Å²) in [4.78, 5) is 78.3. The summed E-state index contributed by atoms with van der Waals surface area (Å²) < 4.78 is 19.5. The Balaban J connectivity index is 1.47. The van der Waals surface area contributed by atoms with Crippen molar-refractivity contribution in [2.75, 3.05) is 6.54 Å². The second kappa shape index (κ2) is 11.3. The molecule has 1 aromatic carbocycles. The number of alkyl carbamates (subject to hydrolysis) is 1. The topological polar surface area (TPSA) is 183 Å². The van der Waals surface area contributed by atoms with Crippen molar-refractivity contribution in [3.8, 4) is 0 Å². The summed E-state index contributed by atoms with van der Waals surface area (Å²) in [6, 6.07) is 4.16. The molecule has 2 saturated carbocycles. The predicted octanol–water partition coefficient (Wildman–Crippen LogP) is 2.75. The first-order valence-electron chi connectivity index (χ1n) is 14.6. The van der Waals surface area contributed by atoms with Gasteiger partial charge in [0.05, 0.1) is 17.1 Å². The molecule has 1 saturated heterocycles. The number of imidazole rings is 1. The molecule has 2 aromatic rings. The average Bonchev–Trinajstić information content (AvgIpc) is 3.25. The third kappa shape index (κ3) is 5.90. The van der Waals surface area contributed by atoms with E-state index in [1.54, 1.807) is 45.0 Å². The maximum Gasteiger partial charge on any atom is 0.408 e. The zero-order valence-corrected chi connectivity index (χ0v) is 25.5. The Labute approximate surface area is 249 Å². The van der Waals surface area contributed by atoms with Crippen LogP contribution in [0.15, 0.2) is 41.7 Å². The van der Waals surface area contributed by atoms with Crippen molar-refractivity contribution in [1.29, 1.82) is 0 Å². The Bertz CT molecular complexity index is 1530. The van der Waals surface area contributed by atoms with E-state index in [-0.39, 0.29) is 25.5 Å². The first-order chi connectivity index (χ1) is 20.2. The molecule has 3 fully saturated rings. The van der Waals surface area contributed by atoms with Crippen LogP contribution in [0.25, 0.3) is 11.0 Å². The lowest BCUT2D eigenvalue weighted by Gasteiger charge is -2.35. The van der Waals surface area contributed by atoms with Crippen LogP contribution in [0.1, 0.15) is 65.3 Å². The molecule has 14 heteroatoms. The number of ether oxygens (including phenoxy) is 1. The van der Waals surface area contributed by atoms with Gasteiger partial charge in [-0.15, -0.1) is 6.58 Å². The summed E-state index contributed by atoms with van der Waals surface area (Å²) in [5.74, 6) is -1.95. The van der Waals surface area contributed by atoms with E-state index in [0.717, 1.165) is 25.7 Å². The van der Waals surface area contributed by atoms with Gasteiger partial charge in [-0.2, -0.15) is 0 Å². The van der Waals surface area contributed by atoms with Crippen LogP contribution >= 0.6 is 7.60 Å². The monoisotopic (exact) mass is 617 g/mol. The Morgan fingerprint density at radius 3 is 2.49 bits per heavy atom. The van der Waals surface area contributed by atoms with E-state index in [2.05, 4.69) is 22.2 Å². The lowest BCUT2D eigenvalue weighted by molar-refractivity contribution is -0.142. The lowest BCUT2D eigenvalue weighted by Crippen LogP contribution is -2.58. The second-order valence-corrected chi connectivity index (χ2v) is 14.9. The van der Waals surface area contributed by atoms with Crippen LogP contribution in [-0.4, -0.2) is 72.2 Å². The SMILES string of the molecule is C=CC1C[C@]1(NC(=O)[C@@H]1CC(n2c(=O)[nH]c3ccccc32)CN1C(=O)[C@@H](NC(=O)OC1CCCC1)C(C)(C)C)P(=O)(O)O. The molecule has 13 nitrogen and oxygen atoms in total. The van der Waals surface area contributed by atoms with Crippen LogP contribution in [0.2, 0.25) is 0 Å². The summed E-state index contributed by atoms with van der Waals surface area (Å²) >= 11 is 0. The number of benzene rings is 1. The van der Waals surface area contributed by atoms with Crippen LogP contribution in [0.3, 0.4) is 0 Å². The van der Waals surface area contributed by atoms with E-state index in [0.29, 0.717) is 11.0 Å². The average molecular weight is 618 g/mol. The van der Waals surface area contributed by atoms with Crippen LogP contribution < -0.4 is 16.3 Å². The number of para-hydroxylation sites is 2. The number of hydrogen-bond acceptors (Lipinski definition) is 6. The Kier molecular flexibility index (Phi) is 8.12. The largest absolute Gasteiger partial charge is 0.446 e. The third-order valence-corrected chi connectivity index (χ3v) is 10.6. The van der Waals surface area contributed by atoms with E-state index in [4.69, 9.17) is 4.74 Å². The highest BCUT2D eigenvalue weighted by Crippen LogP contribution is 2.67. The van der Waals surface area contributed by atoms with Crippen LogP contribution in [-0.2, 0) is 18.9 Å². The Morgan fingerprint density at radius 1 is 1.21 bits per heavy atom. The number of aromatic amines is 1. The second-order valence-electron chi connectivity index (χ2n) is 13.0. The molecule has 43 heavy (non-hydrogen) atoms. The first-order valence-corrected chi connectivity index (χ1v) is 16.2. The highest BCUT2D eigenvalue weighted by molar-refractivity contribution is 7.54. The summed E-state index contributed by atoms with van der Waals surface area (Å²) in [6.45, 7) is 8.92. The number of carbonyl (C=O) groups excluding carboxylic acids is 3. The number of carbonyl (C=O) groups is 3. The van der Waals surface area contributed by atoms with Gasteiger partial charge in [-0.3, -0.25) is 18.7 Å². The molecule has 0 radical (unpaired) electrons. The van der Waals surface area contributed by atoms with Gasteiger partial charge in [0.15, 0.2) is 0 Å².